The number of amides is 2. The van der Waals surface area contributed by atoms with Crippen LogP contribution in [0.15, 0.2) is 42.6 Å². The van der Waals surface area contributed by atoms with Gasteiger partial charge in [-0.15, -0.1) is 0 Å². The lowest BCUT2D eigenvalue weighted by molar-refractivity contribution is -0.129. The second-order valence-electron chi connectivity index (χ2n) is 6.08. The number of pyridine rings is 1. The molecular weight excluding hydrogens is 332 g/mol. The minimum atomic E-state index is -0.219. The number of carbonyl (C=O) groups excluding carboxylic acids is 2. The summed E-state index contributed by atoms with van der Waals surface area (Å²) in [6.07, 6.45) is 1.74. The fourth-order valence-corrected chi connectivity index (χ4v) is 2.86. The van der Waals surface area contributed by atoms with Crippen LogP contribution in [-0.2, 0) is 4.79 Å². The number of benzene rings is 1. The molecule has 3 rings (SSSR count). The van der Waals surface area contributed by atoms with Gasteiger partial charge in [-0.2, -0.15) is 0 Å². The molecule has 1 aliphatic heterocycles. The Morgan fingerprint density at radius 2 is 1.73 bits per heavy atom. The number of carbonyl (C=O) groups is 2. The van der Waals surface area contributed by atoms with Crippen LogP contribution in [0.4, 0.5) is 11.5 Å². The van der Waals surface area contributed by atoms with Gasteiger partial charge in [-0.1, -0.05) is 0 Å². The van der Waals surface area contributed by atoms with Gasteiger partial charge in [0.25, 0.3) is 5.91 Å². The number of rotatable bonds is 4. The van der Waals surface area contributed by atoms with Gasteiger partial charge in [-0.05, 0) is 36.4 Å². The van der Waals surface area contributed by atoms with E-state index in [1.165, 1.54) is 0 Å². The number of aromatic nitrogens is 1. The van der Waals surface area contributed by atoms with Gasteiger partial charge in [0.2, 0.25) is 5.91 Å². The molecule has 0 saturated carbocycles. The van der Waals surface area contributed by atoms with E-state index in [1.807, 2.05) is 11.0 Å². The van der Waals surface area contributed by atoms with Crippen molar-refractivity contribution >= 4 is 23.3 Å². The SMILES string of the molecule is COc1ccc(C(=O)Nc2ccc(N3CCN(C(C)=O)CC3)cn2)cc1. The molecule has 1 aliphatic rings. The Labute approximate surface area is 152 Å². The molecule has 0 atom stereocenters. The standard InChI is InChI=1S/C19H22N4O3/c1-14(24)22-9-11-23(12-10-22)16-5-8-18(20-13-16)21-19(25)15-3-6-17(26-2)7-4-15/h3-8,13H,9-12H2,1-2H3,(H,20,21,25). The molecule has 2 heterocycles. The third-order valence-corrected chi connectivity index (χ3v) is 4.43. The fourth-order valence-electron chi connectivity index (χ4n) is 2.86. The van der Waals surface area contributed by atoms with Crippen molar-refractivity contribution in [1.29, 1.82) is 0 Å². The minimum absolute atomic E-state index is 0.111. The van der Waals surface area contributed by atoms with E-state index < -0.39 is 0 Å². The number of hydrogen-bond acceptors (Lipinski definition) is 5. The molecule has 1 N–H and O–H groups in total. The van der Waals surface area contributed by atoms with Crippen molar-refractivity contribution in [2.24, 2.45) is 0 Å². The molecule has 0 radical (unpaired) electrons. The normalized spacial score (nSPS) is 14.1. The van der Waals surface area contributed by atoms with Gasteiger partial charge in [0.05, 0.1) is 19.0 Å². The van der Waals surface area contributed by atoms with Crippen molar-refractivity contribution in [3.63, 3.8) is 0 Å². The van der Waals surface area contributed by atoms with E-state index in [9.17, 15) is 9.59 Å². The van der Waals surface area contributed by atoms with E-state index in [2.05, 4.69) is 15.2 Å². The van der Waals surface area contributed by atoms with Gasteiger partial charge in [0, 0.05) is 38.7 Å². The summed E-state index contributed by atoms with van der Waals surface area (Å²) in [6.45, 7) is 4.58. The van der Waals surface area contributed by atoms with Crippen molar-refractivity contribution in [2.75, 3.05) is 43.5 Å². The molecule has 0 bridgehead atoms. The summed E-state index contributed by atoms with van der Waals surface area (Å²) in [5.74, 6) is 1.09. The van der Waals surface area contributed by atoms with Crippen LogP contribution in [0.1, 0.15) is 17.3 Å². The number of anilines is 2. The maximum Gasteiger partial charge on any atom is 0.256 e. The van der Waals surface area contributed by atoms with Gasteiger partial charge in [0.15, 0.2) is 0 Å². The molecular formula is C19H22N4O3. The molecule has 1 aromatic carbocycles. The van der Waals surface area contributed by atoms with Crippen molar-refractivity contribution in [2.45, 2.75) is 6.92 Å². The van der Waals surface area contributed by atoms with Crippen molar-refractivity contribution in [3.05, 3.63) is 48.2 Å². The zero-order valence-corrected chi connectivity index (χ0v) is 14.9. The summed E-state index contributed by atoms with van der Waals surface area (Å²) in [4.78, 5) is 32.0. The van der Waals surface area contributed by atoms with Gasteiger partial charge >= 0.3 is 0 Å². The first-order valence-corrected chi connectivity index (χ1v) is 8.49. The highest BCUT2D eigenvalue weighted by Crippen LogP contribution is 2.18. The van der Waals surface area contributed by atoms with Gasteiger partial charge in [-0.3, -0.25) is 9.59 Å². The predicted octanol–water partition coefficient (Wildman–Crippen LogP) is 2.01. The molecule has 1 fully saturated rings. The third kappa shape index (κ3) is 4.11. The number of piperazine rings is 1. The lowest BCUT2D eigenvalue weighted by Crippen LogP contribution is -2.48. The van der Waals surface area contributed by atoms with Crippen LogP contribution in [0, 0.1) is 0 Å². The minimum Gasteiger partial charge on any atom is -0.497 e. The molecule has 7 heteroatoms. The molecule has 0 spiro atoms. The zero-order chi connectivity index (χ0) is 18.5. The average molecular weight is 354 g/mol. The van der Waals surface area contributed by atoms with E-state index in [1.54, 1.807) is 50.6 Å². The van der Waals surface area contributed by atoms with E-state index in [4.69, 9.17) is 4.74 Å². The molecule has 7 nitrogen and oxygen atoms in total. The highest BCUT2D eigenvalue weighted by atomic mass is 16.5. The Morgan fingerprint density at radius 3 is 2.27 bits per heavy atom. The quantitative estimate of drug-likeness (QED) is 0.909. The van der Waals surface area contributed by atoms with Crippen LogP contribution in [0.2, 0.25) is 0 Å². The Morgan fingerprint density at radius 1 is 1.04 bits per heavy atom. The summed E-state index contributed by atoms with van der Waals surface area (Å²) in [5, 5.41) is 2.79. The number of methoxy groups -OCH3 is 1. The molecule has 2 aromatic rings. The molecule has 1 saturated heterocycles. The fraction of sp³-hybridized carbons (Fsp3) is 0.316. The highest BCUT2D eigenvalue weighted by molar-refractivity contribution is 6.03. The van der Waals surface area contributed by atoms with Gasteiger partial charge in [0.1, 0.15) is 11.6 Å². The Bertz CT molecular complexity index is 766. The Balaban J connectivity index is 1.59. The second kappa shape index (κ2) is 7.86. The van der Waals surface area contributed by atoms with Crippen LogP contribution in [0.3, 0.4) is 0 Å². The van der Waals surface area contributed by atoms with Crippen LogP contribution >= 0.6 is 0 Å². The van der Waals surface area contributed by atoms with Crippen LogP contribution < -0.4 is 15.0 Å². The number of hydrogen-bond donors (Lipinski definition) is 1. The van der Waals surface area contributed by atoms with E-state index in [0.717, 1.165) is 18.8 Å². The van der Waals surface area contributed by atoms with E-state index in [-0.39, 0.29) is 11.8 Å². The van der Waals surface area contributed by atoms with Crippen molar-refractivity contribution in [3.8, 4) is 5.75 Å². The zero-order valence-electron chi connectivity index (χ0n) is 14.9. The first kappa shape index (κ1) is 17.7. The summed E-state index contributed by atoms with van der Waals surface area (Å²) in [6, 6.07) is 10.6. The summed E-state index contributed by atoms with van der Waals surface area (Å²) >= 11 is 0. The monoisotopic (exact) mass is 354 g/mol. The van der Waals surface area contributed by atoms with Crippen LogP contribution in [-0.4, -0.2) is 55.0 Å². The van der Waals surface area contributed by atoms with Gasteiger partial charge < -0.3 is 19.9 Å². The smallest absolute Gasteiger partial charge is 0.256 e. The number of nitrogens with one attached hydrogen (secondary N) is 1. The first-order chi connectivity index (χ1) is 12.6. The van der Waals surface area contributed by atoms with Gasteiger partial charge in [-0.25, -0.2) is 4.98 Å². The maximum atomic E-state index is 12.3. The molecule has 0 unspecified atom stereocenters. The molecule has 136 valence electrons. The van der Waals surface area contributed by atoms with Crippen molar-refractivity contribution in [1.82, 2.24) is 9.88 Å². The second-order valence-corrected chi connectivity index (χ2v) is 6.08. The third-order valence-electron chi connectivity index (χ3n) is 4.43. The van der Waals surface area contributed by atoms with Crippen molar-refractivity contribution < 1.29 is 14.3 Å². The summed E-state index contributed by atoms with van der Waals surface area (Å²) in [5.41, 5.74) is 1.52. The predicted molar refractivity (Wildman–Crippen MR) is 99.7 cm³/mol. The largest absolute Gasteiger partial charge is 0.497 e. The average Bonchev–Trinajstić information content (AvgIpc) is 2.68. The highest BCUT2D eigenvalue weighted by Gasteiger charge is 2.19. The lowest BCUT2D eigenvalue weighted by Gasteiger charge is -2.35. The van der Waals surface area contributed by atoms with Crippen LogP contribution in [0.25, 0.3) is 0 Å². The molecule has 2 amide bonds. The molecule has 26 heavy (non-hydrogen) atoms. The number of nitrogens with zero attached hydrogens (tertiary/aromatic N) is 3. The molecule has 0 aliphatic carbocycles. The van der Waals surface area contributed by atoms with Crippen LogP contribution in [0.5, 0.6) is 5.75 Å². The lowest BCUT2D eigenvalue weighted by atomic mass is 10.2. The maximum absolute atomic E-state index is 12.3. The van der Waals surface area contributed by atoms with E-state index >= 15 is 0 Å². The summed E-state index contributed by atoms with van der Waals surface area (Å²) in [7, 11) is 1.58. The Hall–Kier alpha value is -3.09. The first-order valence-electron chi connectivity index (χ1n) is 8.49. The molecule has 1 aromatic heterocycles. The number of ether oxygens (including phenoxy) is 1. The summed E-state index contributed by atoms with van der Waals surface area (Å²) < 4.78 is 5.09. The topological polar surface area (TPSA) is 74.8 Å². The Kier molecular flexibility index (Phi) is 5.36. The van der Waals surface area contributed by atoms with E-state index in [0.29, 0.717) is 30.2 Å².